The van der Waals surface area contributed by atoms with E-state index in [1.165, 1.54) is 25.1 Å². The summed E-state index contributed by atoms with van der Waals surface area (Å²) in [5.74, 6) is -0.352. The average Bonchev–Trinajstić information content (AvgIpc) is 2.49. The van der Waals surface area contributed by atoms with Crippen molar-refractivity contribution in [3.8, 4) is 0 Å². The van der Waals surface area contributed by atoms with Crippen LogP contribution < -0.4 is 5.43 Å². The van der Waals surface area contributed by atoms with Crippen LogP contribution >= 0.6 is 11.6 Å². The lowest BCUT2D eigenvalue weighted by Crippen LogP contribution is -2.17. The fourth-order valence-corrected chi connectivity index (χ4v) is 2.03. The summed E-state index contributed by atoms with van der Waals surface area (Å²) < 4.78 is 0. The van der Waals surface area contributed by atoms with Gasteiger partial charge in [0.05, 0.1) is 15.7 Å². The Morgan fingerprint density at radius 2 is 1.91 bits per heavy atom. The smallest absolute Gasteiger partial charge is 0.270 e. The Balaban J connectivity index is 2.59. The molecule has 0 heterocycles. The van der Waals surface area contributed by atoms with Gasteiger partial charge in [-0.3, -0.25) is 14.9 Å². The third-order valence-electron chi connectivity index (χ3n) is 2.79. The molecule has 0 unspecified atom stereocenters. The normalized spacial score (nSPS) is 11.1. The molecule has 1 amide bonds. The molecule has 0 aliphatic carbocycles. The molecule has 0 fully saturated rings. The Bertz CT molecular complexity index is 745. The van der Waals surface area contributed by atoms with E-state index in [-0.39, 0.29) is 11.6 Å². The van der Waals surface area contributed by atoms with Crippen LogP contribution in [0.2, 0.25) is 5.02 Å². The standard InChI is InChI=1S/C15H12ClN3O3/c1-10(20)17-18-15(11-5-3-2-4-6-11)13-9-12(19(21)22)7-8-14(13)16/h2-9H,1H3,(H,17,20)/b18-15-. The van der Waals surface area contributed by atoms with Crippen LogP contribution in [0.4, 0.5) is 5.69 Å². The van der Waals surface area contributed by atoms with Crippen molar-refractivity contribution < 1.29 is 9.72 Å². The summed E-state index contributed by atoms with van der Waals surface area (Å²) in [4.78, 5) is 21.5. The Hall–Kier alpha value is -2.73. The van der Waals surface area contributed by atoms with Gasteiger partial charge in [0, 0.05) is 30.2 Å². The van der Waals surface area contributed by atoms with Crippen LogP contribution in [0.1, 0.15) is 18.1 Å². The van der Waals surface area contributed by atoms with Crippen LogP contribution in [0.15, 0.2) is 53.6 Å². The van der Waals surface area contributed by atoms with Gasteiger partial charge in [0.1, 0.15) is 0 Å². The van der Waals surface area contributed by atoms with Crippen LogP contribution in [0, 0.1) is 10.1 Å². The summed E-state index contributed by atoms with van der Waals surface area (Å²) in [6, 6.07) is 13.0. The van der Waals surface area contributed by atoms with Gasteiger partial charge in [0.15, 0.2) is 0 Å². The van der Waals surface area contributed by atoms with Crippen molar-refractivity contribution in [2.75, 3.05) is 0 Å². The predicted molar refractivity (Wildman–Crippen MR) is 84.0 cm³/mol. The molecule has 0 atom stereocenters. The second-order valence-electron chi connectivity index (χ2n) is 4.42. The highest BCUT2D eigenvalue weighted by Gasteiger charge is 2.16. The monoisotopic (exact) mass is 317 g/mol. The first-order valence-corrected chi connectivity index (χ1v) is 6.71. The number of nitro benzene ring substituents is 1. The fourth-order valence-electron chi connectivity index (χ4n) is 1.82. The zero-order valence-corrected chi connectivity index (χ0v) is 12.4. The maximum atomic E-state index is 11.1. The molecule has 0 aromatic heterocycles. The van der Waals surface area contributed by atoms with Crippen molar-refractivity contribution in [2.45, 2.75) is 6.92 Å². The number of nitrogens with one attached hydrogen (secondary N) is 1. The number of amides is 1. The van der Waals surface area contributed by atoms with E-state index in [1.54, 1.807) is 24.3 Å². The van der Waals surface area contributed by atoms with Crippen molar-refractivity contribution in [1.82, 2.24) is 5.43 Å². The molecule has 0 radical (unpaired) electrons. The number of hydrazone groups is 1. The van der Waals surface area contributed by atoms with Crippen LogP contribution in [-0.2, 0) is 4.79 Å². The summed E-state index contributed by atoms with van der Waals surface area (Å²) in [5, 5.41) is 15.3. The van der Waals surface area contributed by atoms with Crippen LogP contribution in [0.3, 0.4) is 0 Å². The van der Waals surface area contributed by atoms with Crippen molar-refractivity contribution >= 4 is 28.9 Å². The Labute approximate surface area is 131 Å². The molecule has 1 N–H and O–H groups in total. The summed E-state index contributed by atoms with van der Waals surface area (Å²) in [6.07, 6.45) is 0. The number of rotatable bonds is 4. The third kappa shape index (κ3) is 3.67. The minimum absolute atomic E-state index is 0.106. The van der Waals surface area contributed by atoms with E-state index in [0.29, 0.717) is 21.9 Å². The van der Waals surface area contributed by atoms with E-state index in [1.807, 2.05) is 6.07 Å². The first-order valence-electron chi connectivity index (χ1n) is 6.33. The van der Waals surface area contributed by atoms with Gasteiger partial charge >= 0.3 is 0 Å². The molecule has 6 nitrogen and oxygen atoms in total. The molecule has 0 spiro atoms. The summed E-state index contributed by atoms with van der Waals surface area (Å²) in [5.41, 5.74) is 3.64. The largest absolute Gasteiger partial charge is 0.274 e. The zero-order chi connectivity index (χ0) is 16.1. The molecule has 7 heteroatoms. The quantitative estimate of drug-likeness (QED) is 0.534. The number of hydrogen-bond acceptors (Lipinski definition) is 4. The van der Waals surface area contributed by atoms with Crippen molar-refractivity contribution in [3.63, 3.8) is 0 Å². The lowest BCUT2D eigenvalue weighted by Gasteiger charge is -2.09. The van der Waals surface area contributed by atoms with Gasteiger partial charge < -0.3 is 0 Å². The molecule has 0 aliphatic rings. The molecule has 2 rings (SSSR count). The molecule has 0 saturated carbocycles. The minimum Gasteiger partial charge on any atom is -0.274 e. The number of halogens is 1. The molecule has 0 saturated heterocycles. The summed E-state index contributed by atoms with van der Waals surface area (Å²) >= 11 is 6.14. The molecule has 0 bridgehead atoms. The molecular weight excluding hydrogens is 306 g/mol. The van der Waals surface area contributed by atoms with Crippen LogP contribution in [-0.4, -0.2) is 16.5 Å². The van der Waals surface area contributed by atoms with E-state index < -0.39 is 4.92 Å². The topological polar surface area (TPSA) is 84.6 Å². The Morgan fingerprint density at radius 3 is 2.50 bits per heavy atom. The second-order valence-corrected chi connectivity index (χ2v) is 4.82. The van der Waals surface area contributed by atoms with E-state index in [0.717, 1.165) is 0 Å². The number of hydrogen-bond donors (Lipinski definition) is 1. The number of benzene rings is 2. The lowest BCUT2D eigenvalue weighted by atomic mass is 10.0. The molecule has 0 aliphatic heterocycles. The van der Waals surface area contributed by atoms with Gasteiger partial charge in [-0.2, -0.15) is 5.10 Å². The first-order chi connectivity index (χ1) is 10.5. The minimum atomic E-state index is -0.513. The van der Waals surface area contributed by atoms with Gasteiger partial charge in [-0.15, -0.1) is 0 Å². The maximum absolute atomic E-state index is 11.1. The van der Waals surface area contributed by atoms with Crippen LogP contribution in [0.5, 0.6) is 0 Å². The third-order valence-corrected chi connectivity index (χ3v) is 3.12. The van der Waals surface area contributed by atoms with Crippen molar-refractivity contribution in [3.05, 3.63) is 74.8 Å². The predicted octanol–water partition coefficient (Wildman–Crippen LogP) is 3.14. The molecular formula is C15H12ClN3O3. The Kier molecular flexibility index (Phi) is 4.85. The van der Waals surface area contributed by atoms with Gasteiger partial charge in [-0.05, 0) is 6.07 Å². The van der Waals surface area contributed by atoms with E-state index >= 15 is 0 Å². The van der Waals surface area contributed by atoms with E-state index in [4.69, 9.17) is 11.6 Å². The SMILES string of the molecule is CC(=O)N/N=C(/c1ccccc1)c1cc([N+](=O)[O-])ccc1Cl. The van der Waals surface area contributed by atoms with Crippen molar-refractivity contribution in [1.29, 1.82) is 0 Å². The van der Waals surface area contributed by atoms with Crippen LogP contribution in [0.25, 0.3) is 0 Å². The zero-order valence-electron chi connectivity index (χ0n) is 11.6. The number of carbonyl (C=O) groups excluding carboxylic acids is 1. The first kappa shape index (κ1) is 15.7. The van der Waals surface area contributed by atoms with E-state index in [2.05, 4.69) is 10.5 Å². The van der Waals surface area contributed by atoms with Gasteiger partial charge in [0.25, 0.3) is 5.69 Å². The van der Waals surface area contributed by atoms with E-state index in [9.17, 15) is 14.9 Å². The number of carbonyl (C=O) groups is 1. The average molecular weight is 318 g/mol. The molecule has 112 valence electrons. The lowest BCUT2D eigenvalue weighted by molar-refractivity contribution is -0.384. The van der Waals surface area contributed by atoms with Gasteiger partial charge in [-0.25, -0.2) is 5.43 Å². The number of non-ortho nitro benzene ring substituents is 1. The second kappa shape index (κ2) is 6.82. The molecule has 2 aromatic carbocycles. The van der Waals surface area contributed by atoms with Gasteiger partial charge in [0.2, 0.25) is 5.91 Å². The fraction of sp³-hybridized carbons (Fsp3) is 0.0667. The summed E-state index contributed by atoms with van der Waals surface area (Å²) in [7, 11) is 0. The Morgan fingerprint density at radius 1 is 1.23 bits per heavy atom. The highest BCUT2D eigenvalue weighted by molar-refractivity contribution is 6.35. The number of nitrogens with zero attached hydrogens (tertiary/aromatic N) is 2. The molecule has 22 heavy (non-hydrogen) atoms. The number of nitro groups is 1. The molecule has 2 aromatic rings. The highest BCUT2D eigenvalue weighted by atomic mass is 35.5. The van der Waals surface area contributed by atoms with Gasteiger partial charge in [-0.1, -0.05) is 41.9 Å². The van der Waals surface area contributed by atoms with Crippen molar-refractivity contribution in [2.24, 2.45) is 5.10 Å². The maximum Gasteiger partial charge on any atom is 0.270 e. The highest BCUT2D eigenvalue weighted by Crippen LogP contribution is 2.25. The summed E-state index contributed by atoms with van der Waals surface area (Å²) in [6.45, 7) is 1.32.